The van der Waals surface area contributed by atoms with Gasteiger partial charge in [0.05, 0.1) is 12.3 Å². The van der Waals surface area contributed by atoms with Crippen LogP contribution < -0.4 is 15.4 Å². The van der Waals surface area contributed by atoms with Crippen LogP contribution in [-0.4, -0.2) is 35.9 Å². The van der Waals surface area contributed by atoms with Crippen LogP contribution in [0.2, 0.25) is 0 Å². The fourth-order valence-corrected chi connectivity index (χ4v) is 2.45. The zero-order valence-electron chi connectivity index (χ0n) is 15.0. The first-order valence-electron chi connectivity index (χ1n) is 8.23. The van der Waals surface area contributed by atoms with Crippen molar-refractivity contribution in [1.82, 2.24) is 20.4 Å². The normalized spacial score (nSPS) is 11.4. The van der Waals surface area contributed by atoms with E-state index in [9.17, 15) is 0 Å². The maximum atomic E-state index is 5.67. The molecule has 24 heavy (non-hydrogen) atoms. The number of rotatable bonds is 7. The molecule has 0 aliphatic rings. The summed E-state index contributed by atoms with van der Waals surface area (Å²) >= 11 is 0. The van der Waals surface area contributed by atoms with E-state index in [0.717, 1.165) is 30.4 Å². The lowest BCUT2D eigenvalue weighted by atomic mass is 10.2. The lowest BCUT2D eigenvalue weighted by molar-refractivity contribution is 0.311. The van der Waals surface area contributed by atoms with Gasteiger partial charge in [0.2, 0.25) is 0 Å². The Bertz CT molecular complexity index is 664. The van der Waals surface area contributed by atoms with Gasteiger partial charge in [-0.05, 0) is 32.4 Å². The van der Waals surface area contributed by atoms with Gasteiger partial charge in [0.25, 0.3) is 0 Å². The molecule has 0 saturated carbocycles. The van der Waals surface area contributed by atoms with Gasteiger partial charge in [-0.1, -0.05) is 18.2 Å². The predicted octanol–water partition coefficient (Wildman–Crippen LogP) is 2.17. The highest BCUT2D eigenvalue weighted by Gasteiger charge is 2.09. The second-order valence-corrected chi connectivity index (χ2v) is 5.64. The number of aromatic nitrogens is 2. The van der Waals surface area contributed by atoms with Crippen LogP contribution in [-0.2, 0) is 13.6 Å². The van der Waals surface area contributed by atoms with E-state index in [1.165, 1.54) is 11.3 Å². The van der Waals surface area contributed by atoms with E-state index in [1.807, 2.05) is 49.0 Å². The highest BCUT2D eigenvalue weighted by molar-refractivity contribution is 5.79. The summed E-state index contributed by atoms with van der Waals surface area (Å²) in [5.74, 6) is 1.69. The Kier molecular flexibility index (Phi) is 6.66. The average molecular weight is 329 g/mol. The number of guanidine groups is 1. The summed E-state index contributed by atoms with van der Waals surface area (Å²) in [7, 11) is 3.74. The van der Waals surface area contributed by atoms with E-state index in [1.54, 1.807) is 7.05 Å². The van der Waals surface area contributed by atoms with Crippen LogP contribution in [0.4, 0.5) is 0 Å². The van der Waals surface area contributed by atoms with Crippen LogP contribution in [0, 0.1) is 13.8 Å². The molecule has 1 aromatic carbocycles. The van der Waals surface area contributed by atoms with Crippen molar-refractivity contribution in [2.75, 3.05) is 20.2 Å². The third-order valence-corrected chi connectivity index (χ3v) is 3.94. The van der Waals surface area contributed by atoms with E-state index in [4.69, 9.17) is 4.74 Å². The summed E-state index contributed by atoms with van der Waals surface area (Å²) in [6.07, 6.45) is 0.903. The number of hydrogen-bond acceptors (Lipinski definition) is 3. The molecule has 0 atom stereocenters. The van der Waals surface area contributed by atoms with E-state index >= 15 is 0 Å². The Balaban J connectivity index is 1.69. The lowest BCUT2D eigenvalue weighted by Crippen LogP contribution is -2.37. The van der Waals surface area contributed by atoms with Gasteiger partial charge >= 0.3 is 0 Å². The molecule has 0 fully saturated rings. The van der Waals surface area contributed by atoms with E-state index in [0.29, 0.717) is 13.2 Å². The molecule has 1 aromatic heterocycles. The van der Waals surface area contributed by atoms with Crippen molar-refractivity contribution in [1.29, 1.82) is 0 Å². The first-order valence-corrected chi connectivity index (χ1v) is 8.23. The highest BCUT2D eigenvalue weighted by Crippen LogP contribution is 2.11. The van der Waals surface area contributed by atoms with Gasteiger partial charge in [-0.15, -0.1) is 0 Å². The van der Waals surface area contributed by atoms with Gasteiger partial charge in [-0.3, -0.25) is 9.67 Å². The van der Waals surface area contributed by atoms with E-state index < -0.39 is 0 Å². The summed E-state index contributed by atoms with van der Waals surface area (Å²) in [5, 5.41) is 11.1. The van der Waals surface area contributed by atoms with Crippen LogP contribution in [0.15, 0.2) is 35.3 Å². The minimum Gasteiger partial charge on any atom is -0.494 e. The molecule has 0 amide bonds. The first kappa shape index (κ1) is 17.8. The number of para-hydroxylation sites is 1. The van der Waals surface area contributed by atoms with E-state index in [2.05, 4.69) is 27.6 Å². The van der Waals surface area contributed by atoms with Gasteiger partial charge in [-0.2, -0.15) is 5.10 Å². The molecule has 0 saturated heterocycles. The van der Waals surface area contributed by atoms with Crippen molar-refractivity contribution in [2.45, 2.75) is 26.8 Å². The number of aliphatic imine (C=N–C) groups is 1. The average Bonchev–Trinajstić information content (AvgIpc) is 2.83. The molecular weight excluding hydrogens is 302 g/mol. The topological polar surface area (TPSA) is 63.5 Å². The number of nitrogens with zero attached hydrogens (tertiary/aromatic N) is 3. The standard InChI is InChI=1S/C18H27N5O/c1-14-17(15(2)23(4)22-14)13-21-18(19-3)20-11-8-12-24-16-9-6-5-7-10-16/h5-7,9-10H,8,11-13H2,1-4H3,(H2,19,20,21). The summed E-state index contributed by atoms with van der Waals surface area (Å²) in [5.41, 5.74) is 3.44. The summed E-state index contributed by atoms with van der Waals surface area (Å²) in [6, 6.07) is 9.86. The molecule has 0 bridgehead atoms. The fourth-order valence-electron chi connectivity index (χ4n) is 2.45. The minimum absolute atomic E-state index is 0.675. The fraction of sp³-hybridized carbons (Fsp3) is 0.444. The van der Waals surface area contributed by atoms with Crippen molar-refractivity contribution in [3.63, 3.8) is 0 Å². The van der Waals surface area contributed by atoms with Crippen LogP contribution in [0.1, 0.15) is 23.4 Å². The second kappa shape index (κ2) is 8.96. The SMILES string of the molecule is CN=C(NCCCOc1ccccc1)NCc1c(C)nn(C)c1C. The number of ether oxygens (including phenoxy) is 1. The lowest BCUT2D eigenvalue weighted by Gasteiger charge is -2.12. The third kappa shape index (κ3) is 5.01. The molecule has 130 valence electrons. The van der Waals surface area contributed by atoms with Gasteiger partial charge in [0, 0.05) is 38.4 Å². The zero-order chi connectivity index (χ0) is 17.4. The molecule has 1 heterocycles. The van der Waals surface area contributed by atoms with E-state index in [-0.39, 0.29) is 0 Å². The van der Waals surface area contributed by atoms with Crippen molar-refractivity contribution < 1.29 is 4.74 Å². The number of nitrogens with one attached hydrogen (secondary N) is 2. The van der Waals surface area contributed by atoms with Gasteiger partial charge in [0.1, 0.15) is 5.75 Å². The Morgan fingerprint density at radius 2 is 1.96 bits per heavy atom. The van der Waals surface area contributed by atoms with Crippen LogP contribution in [0.5, 0.6) is 5.75 Å². The molecule has 6 nitrogen and oxygen atoms in total. The van der Waals surface area contributed by atoms with Gasteiger partial charge in [-0.25, -0.2) is 0 Å². The van der Waals surface area contributed by atoms with Crippen molar-refractivity contribution in [2.24, 2.45) is 12.0 Å². The predicted molar refractivity (Wildman–Crippen MR) is 97.4 cm³/mol. The molecule has 0 unspecified atom stereocenters. The zero-order valence-corrected chi connectivity index (χ0v) is 15.0. The number of aryl methyl sites for hydroxylation is 2. The first-order chi connectivity index (χ1) is 11.6. The van der Waals surface area contributed by atoms with Crippen LogP contribution >= 0.6 is 0 Å². The molecule has 2 aromatic rings. The number of benzene rings is 1. The Labute approximate surface area is 143 Å². The number of hydrogen-bond donors (Lipinski definition) is 2. The quantitative estimate of drug-likeness (QED) is 0.464. The largest absolute Gasteiger partial charge is 0.494 e. The van der Waals surface area contributed by atoms with Crippen molar-refractivity contribution >= 4 is 5.96 Å². The molecule has 6 heteroatoms. The Morgan fingerprint density at radius 1 is 1.21 bits per heavy atom. The van der Waals surface area contributed by atoms with Gasteiger partial charge < -0.3 is 15.4 Å². The molecule has 0 aliphatic carbocycles. The maximum absolute atomic E-state index is 5.67. The molecule has 2 rings (SSSR count). The molecule has 0 spiro atoms. The summed E-state index contributed by atoms with van der Waals surface area (Å²) < 4.78 is 7.58. The van der Waals surface area contributed by atoms with Gasteiger partial charge in [0.15, 0.2) is 5.96 Å². The van der Waals surface area contributed by atoms with Crippen LogP contribution in [0.25, 0.3) is 0 Å². The maximum Gasteiger partial charge on any atom is 0.191 e. The Hall–Kier alpha value is -2.50. The highest BCUT2D eigenvalue weighted by atomic mass is 16.5. The minimum atomic E-state index is 0.675. The molecule has 0 aliphatic heterocycles. The molecule has 2 N–H and O–H groups in total. The van der Waals surface area contributed by atoms with Crippen molar-refractivity contribution in [3.05, 3.63) is 47.3 Å². The summed E-state index contributed by atoms with van der Waals surface area (Å²) in [4.78, 5) is 4.25. The third-order valence-electron chi connectivity index (χ3n) is 3.94. The monoisotopic (exact) mass is 329 g/mol. The molecule has 0 radical (unpaired) electrons. The van der Waals surface area contributed by atoms with Crippen LogP contribution in [0.3, 0.4) is 0 Å². The smallest absolute Gasteiger partial charge is 0.191 e. The molecular formula is C18H27N5O. The Morgan fingerprint density at radius 3 is 2.58 bits per heavy atom. The van der Waals surface area contributed by atoms with Crippen molar-refractivity contribution in [3.8, 4) is 5.75 Å². The second-order valence-electron chi connectivity index (χ2n) is 5.64. The summed E-state index contributed by atoms with van der Waals surface area (Å²) in [6.45, 7) is 6.30.